The highest BCUT2D eigenvalue weighted by Crippen LogP contribution is 2.29. The van der Waals surface area contributed by atoms with E-state index in [1.165, 1.54) is 31.4 Å². The molecule has 0 amide bonds. The number of methoxy groups -OCH3 is 1. The summed E-state index contributed by atoms with van der Waals surface area (Å²) in [5, 5.41) is 4.50. The van der Waals surface area contributed by atoms with E-state index in [0.29, 0.717) is 28.5 Å². The van der Waals surface area contributed by atoms with Crippen LogP contribution in [-0.4, -0.2) is 23.2 Å². The van der Waals surface area contributed by atoms with Crippen LogP contribution in [0, 0.1) is 5.82 Å². The van der Waals surface area contributed by atoms with Crippen LogP contribution in [0.2, 0.25) is 5.02 Å². The molecular formula is C21H24ClFN2OS. The van der Waals surface area contributed by atoms with E-state index in [0.717, 1.165) is 24.1 Å². The van der Waals surface area contributed by atoms with E-state index in [4.69, 9.17) is 28.6 Å². The first kappa shape index (κ1) is 19.9. The van der Waals surface area contributed by atoms with Crippen molar-refractivity contribution in [2.24, 2.45) is 0 Å². The van der Waals surface area contributed by atoms with Crippen LogP contribution in [0.4, 0.5) is 10.1 Å². The molecule has 6 heteroatoms. The van der Waals surface area contributed by atoms with Gasteiger partial charge in [0.15, 0.2) is 5.11 Å². The van der Waals surface area contributed by atoms with Gasteiger partial charge in [0, 0.05) is 18.3 Å². The maximum Gasteiger partial charge on any atom is 0.173 e. The summed E-state index contributed by atoms with van der Waals surface area (Å²) in [6.07, 6.45) is 5.93. The van der Waals surface area contributed by atoms with Crippen LogP contribution < -0.4 is 10.1 Å². The molecule has 0 bridgehead atoms. The van der Waals surface area contributed by atoms with E-state index in [1.807, 2.05) is 30.3 Å². The van der Waals surface area contributed by atoms with Gasteiger partial charge in [0.25, 0.3) is 0 Å². The molecule has 0 unspecified atom stereocenters. The summed E-state index contributed by atoms with van der Waals surface area (Å²) in [5.74, 6) is 0.403. The van der Waals surface area contributed by atoms with E-state index < -0.39 is 0 Å². The minimum atomic E-state index is -0.225. The third-order valence-corrected chi connectivity index (χ3v) is 5.58. The molecule has 0 heterocycles. The lowest BCUT2D eigenvalue weighted by atomic mass is 9.94. The van der Waals surface area contributed by atoms with Crippen molar-refractivity contribution in [3.8, 4) is 5.75 Å². The zero-order valence-corrected chi connectivity index (χ0v) is 17.0. The number of anilines is 1. The van der Waals surface area contributed by atoms with Gasteiger partial charge in [-0.25, -0.2) is 4.39 Å². The van der Waals surface area contributed by atoms with Crippen molar-refractivity contribution >= 4 is 34.6 Å². The van der Waals surface area contributed by atoms with Crippen molar-refractivity contribution < 1.29 is 9.13 Å². The summed E-state index contributed by atoms with van der Waals surface area (Å²) >= 11 is 12.0. The van der Waals surface area contributed by atoms with Crippen molar-refractivity contribution in [3.63, 3.8) is 0 Å². The molecule has 144 valence electrons. The Morgan fingerprint density at radius 3 is 2.52 bits per heavy atom. The van der Waals surface area contributed by atoms with Gasteiger partial charge < -0.3 is 15.0 Å². The van der Waals surface area contributed by atoms with Crippen molar-refractivity contribution in [1.29, 1.82) is 0 Å². The first-order valence-corrected chi connectivity index (χ1v) is 10.0. The quantitative estimate of drug-likeness (QED) is 0.613. The average Bonchev–Trinajstić information content (AvgIpc) is 2.68. The molecule has 0 saturated heterocycles. The zero-order valence-electron chi connectivity index (χ0n) is 15.4. The number of hydrogen-bond donors (Lipinski definition) is 1. The van der Waals surface area contributed by atoms with Crippen molar-refractivity contribution in [1.82, 2.24) is 4.90 Å². The molecule has 3 rings (SSSR count). The molecule has 1 saturated carbocycles. The van der Waals surface area contributed by atoms with Crippen LogP contribution in [0.15, 0.2) is 42.5 Å². The Hall–Kier alpha value is -1.85. The Kier molecular flexibility index (Phi) is 6.91. The van der Waals surface area contributed by atoms with E-state index in [1.54, 1.807) is 7.11 Å². The molecule has 0 aliphatic heterocycles. The van der Waals surface area contributed by atoms with Crippen molar-refractivity contribution in [3.05, 3.63) is 58.9 Å². The standard InChI is InChI=1S/C21H24ClFN2OS/c1-26-20-12-11-17(13-19(20)22)24-21(27)25(18-5-3-2-4-6-18)14-15-7-9-16(23)10-8-15/h7-13,18H,2-6,14H2,1H3,(H,24,27). The number of ether oxygens (including phenoxy) is 1. The fourth-order valence-corrected chi connectivity index (χ4v) is 4.07. The number of thiocarbonyl (C=S) groups is 1. The maximum absolute atomic E-state index is 13.3. The van der Waals surface area contributed by atoms with Crippen LogP contribution >= 0.6 is 23.8 Å². The Balaban J connectivity index is 1.77. The molecule has 0 spiro atoms. The zero-order chi connectivity index (χ0) is 19.2. The first-order valence-electron chi connectivity index (χ1n) is 9.22. The van der Waals surface area contributed by atoms with E-state index >= 15 is 0 Å². The third-order valence-electron chi connectivity index (χ3n) is 4.95. The number of nitrogens with one attached hydrogen (secondary N) is 1. The summed E-state index contributed by atoms with van der Waals surface area (Å²) in [4.78, 5) is 2.22. The van der Waals surface area contributed by atoms with Gasteiger partial charge in [-0.05, 0) is 61.0 Å². The van der Waals surface area contributed by atoms with E-state index in [-0.39, 0.29) is 5.82 Å². The first-order chi connectivity index (χ1) is 13.1. The van der Waals surface area contributed by atoms with Crippen LogP contribution in [0.25, 0.3) is 0 Å². The minimum absolute atomic E-state index is 0.225. The number of halogens is 2. The van der Waals surface area contributed by atoms with Gasteiger partial charge in [0.2, 0.25) is 0 Å². The van der Waals surface area contributed by atoms with E-state index in [9.17, 15) is 4.39 Å². The molecule has 2 aromatic rings. The molecule has 1 N–H and O–H groups in total. The number of rotatable bonds is 5. The monoisotopic (exact) mass is 406 g/mol. The minimum Gasteiger partial charge on any atom is -0.495 e. The molecule has 2 aromatic carbocycles. The maximum atomic E-state index is 13.3. The van der Waals surface area contributed by atoms with Crippen LogP contribution in [0.3, 0.4) is 0 Å². The Morgan fingerprint density at radius 2 is 1.89 bits per heavy atom. The average molecular weight is 407 g/mol. The van der Waals surface area contributed by atoms with Gasteiger partial charge in [0.1, 0.15) is 11.6 Å². The normalized spacial score (nSPS) is 14.6. The second kappa shape index (κ2) is 9.38. The summed E-state index contributed by atoms with van der Waals surface area (Å²) in [7, 11) is 1.59. The van der Waals surface area contributed by atoms with Gasteiger partial charge >= 0.3 is 0 Å². The third kappa shape index (κ3) is 5.33. The summed E-state index contributed by atoms with van der Waals surface area (Å²) in [6.45, 7) is 0.653. The van der Waals surface area contributed by atoms with Crippen LogP contribution in [0.1, 0.15) is 37.7 Å². The highest BCUT2D eigenvalue weighted by Gasteiger charge is 2.23. The van der Waals surface area contributed by atoms with Gasteiger partial charge in [-0.2, -0.15) is 0 Å². The molecule has 0 radical (unpaired) electrons. The lowest BCUT2D eigenvalue weighted by Gasteiger charge is -2.36. The molecular weight excluding hydrogens is 383 g/mol. The molecule has 0 atom stereocenters. The van der Waals surface area contributed by atoms with Gasteiger partial charge in [0.05, 0.1) is 12.1 Å². The number of hydrogen-bond acceptors (Lipinski definition) is 2. The predicted molar refractivity (Wildman–Crippen MR) is 113 cm³/mol. The van der Waals surface area contributed by atoms with Crippen LogP contribution in [0.5, 0.6) is 5.75 Å². The highest BCUT2D eigenvalue weighted by atomic mass is 35.5. The largest absolute Gasteiger partial charge is 0.495 e. The summed E-state index contributed by atoms with van der Waals surface area (Å²) in [5.41, 5.74) is 1.87. The summed E-state index contributed by atoms with van der Waals surface area (Å²) < 4.78 is 18.5. The Labute approximate surface area is 170 Å². The second-order valence-electron chi connectivity index (χ2n) is 6.83. The van der Waals surface area contributed by atoms with Crippen molar-refractivity contribution in [2.45, 2.75) is 44.7 Å². The smallest absolute Gasteiger partial charge is 0.173 e. The van der Waals surface area contributed by atoms with E-state index in [2.05, 4.69) is 10.2 Å². The van der Waals surface area contributed by atoms with Gasteiger partial charge in [-0.15, -0.1) is 0 Å². The molecule has 0 aromatic heterocycles. The SMILES string of the molecule is COc1ccc(NC(=S)N(Cc2ccc(F)cc2)C2CCCCC2)cc1Cl. The van der Waals surface area contributed by atoms with Gasteiger partial charge in [-0.1, -0.05) is 43.0 Å². The fourth-order valence-electron chi connectivity index (χ4n) is 3.49. The Bertz CT molecular complexity index is 778. The molecule has 27 heavy (non-hydrogen) atoms. The number of benzene rings is 2. The number of nitrogens with zero attached hydrogens (tertiary/aromatic N) is 1. The molecule has 3 nitrogen and oxygen atoms in total. The highest BCUT2D eigenvalue weighted by molar-refractivity contribution is 7.80. The summed E-state index contributed by atoms with van der Waals surface area (Å²) in [6, 6.07) is 12.5. The fraction of sp³-hybridized carbons (Fsp3) is 0.381. The topological polar surface area (TPSA) is 24.5 Å². The second-order valence-corrected chi connectivity index (χ2v) is 7.62. The Morgan fingerprint density at radius 1 is 1.19 bits per heavy atom. The molecule has 1 aliphatic rings. The van der Waals surface area contributed by atoms with Crippen LogP contribution in [-0.2, 0) is 6.54 Å². The molecule has 1 aliphatic carbocycles. The lowest BCUT2D eigenvalue weighted by Crippen LogP contribution is -2.43. The lowest BCUT2D eigenvalue weighted by molar-refractivity contribution is 0.240. The van der Waals surface area contributed by atoms with Crippen molar-refractivity contribution in [2.75, 3.05) is 12.4 Å². The molecule has 1 fully saturated rings. The van der Waals surface area contributed by atoms with Gasteiger partial charge in [-0.3, -0.25) is 0 Å². The predicted octanol–water partition coefficient (Wildman–Crippen LogP) is 6.02.